The number of amides is 2. The summed E-state index contributed by atoms with van der Waals surface area (Å²) in [6.45, 7) is 8.59. The van der Waals surface area contributed by atoms with E-state index in [-0.39, 0.29) is 29.4 Å². The molecule has 55 heavy (non-hydrogen) atoms. The van der Waals surface area contributed by atoms with Gasteiger partial charge in [0.2, 0.25) is 5.96 Å². The van der Waals surface area contributed by atoms with Gasteiger partial charge in [0, 0.05) is 42.0 Å². The molecule has 0 heterocycles. The summed E-state index contributed by atoms with van der Waals surface area (Å²) in [5.41, 5.74) is 3.37. The van der Waals surface area contributed by atoms with E-state index in [1.54, 1.807) is 55.5 Å². The maximum absolute atomic E-state index is 13.0. The van der Waals surface area contributed by atoms with Crippen molar-refractivity contribution in [3.63, 3.8) is 0 Å². The zero-order valence-electron chi connectivity index (χ0n) is 31.9. The van der Waals surface area contributed by atoms with E-state index in [1.807, 2.05) is 54.6 Å². The molecule has 13 nitrogen and oxygen atoms in total. The predicted molar refractivity (Wildman–Crippen MR) is 219 cm³/mol. The number of phenols is 1. The third-order valence-corrected chi connectivity index (χ3v) is 8.23. The maximum atomic E-state index is 13.0. The molecule has 0 aromatic heterocycles. The molecule has 4 aromatic rings. The SMILES string of the molecule is CCC(C)C(=NC(=NC(C)=NCCOCCOCCNC(=O)c1ccccc1)Nc1ccc(O)cc1)Nc1ccc(C(=O)NCc2ccccc2)c(OC)c1. The van der Waals surface area contributed by atoms with E-state index < -0.39 is 0 Å². The Kier molecular flexibility index (Phi) is 17.4. The molecule has 0 fully saturated rings. The van der Waals surface area contributed by atoms with Gasteiger partial charge < -0.3 is 40.6 Å². The third kappa shape index (κ3) is 14.7. The van der Waals surface area contributed by atoms with Crippen LogP contribution in [0.3, 0.4) is 0 Å². The molecule has 0 saturated carbocycles. The Hall–Kier alpha value is -6.05. The number of benzene rings is 4. The first-order chi connectivity index (χ1) is 26.7. The lowest BCUT2D eigenvalue weighted by Crippen LogP contribution is -2.27. The molecule has 0 aliphatic carbocycles. The average Bonchev–Trinajstić information content (AvgIpc) is 3.21. The molecule has 0 bridgehead atoms. The number of carbonyl (C=O) groups is 2. The Balaban J connectivity index is 1.37. The predicted octanol–water partition coefficient (Wildman–Crippen LogP) is 6.54. The summed E-state index contributed by atoms with van der Waals surface area (Å²) in [6.07, 6.45) is 0.784. The van der Waals surface area contributed by atoms with E-state index in [4.69, 9.17) is 19.2 Å². The second-order valence-electron chi connectivity index (χ2n) is 12.4. The highest BCUT2D eigenvalue weighted by Gasteiger charge is 2.16. The number of hydrogen-bond acceptors (Lipinski definition) is 7. The van der Waals surface area contributed by atoms with Gasteiger partial charge in [-0.05, 0) is 67.4 Å². The standard InChI is InChI=1S/C42H51N7O6/c1-5-30(2)39(47-35-18-21-37(38(28-35)53-4)41(52)45-29-32-12-8-6-9-13-32)49-42(48-34-16-19-36(50)20-17-34)46-31(3)43-22-24-54-26-27-55-25-23-44-40(51)33-14-10-7-11-15-33/h6-21,28,30,50H,5,22-27,29H2,1-4H3,(H,44,51)(H,45,52)(H2,43,46,47,48,49). The molecule has 4 aromatic carbocycles. The Morgan fingerprint density at radius 1 is 0.764 bits per heavy atom. The molecule has 0 aliphatic rings. The van der Waals surface area contributed by atoms with Crippen molar-refractivity contribution in [2.24, 2.45) is 20.9 Å². The first-order valence-corrected chi connectivity index (χ1v) is 18.3. The highest BCUT2D eigenvalue weighted by Crippen LogP contribution is 2.24. The first kappa shape index (κ1) is 41.7. The number of aromatic hydroxyl groups is 1. The second-order valence-corrected chi connectivity index (χ2v) is 12.4. The van der Waals surface area contributed by atoms with Crippen molar-refractivity contribution in [3.8, 4) is 11.5 Å². The van der Waals surface area contributed by atoms with E-state index in [1.165, 1.54) is 7.11 Å². The number of hydrogen-bond donors (Lipinski definition) is 5. The summed E-state index contributed by atoms with van der Waals surface area (Å²) in [5.74, 6) is 1.57. The number of nitrogens with zero attached hydrogens (tertiary/aromatic N) is 3. The summed E-state index contributed by atoms with van der Waals surface area (Å²) < 4.78 is 16.8. The zero-order valence-corrected chi connectivity index (χ0v) is 31.9. The van der Waals surface area contributed by atoms with Crippen LogP contribution in [0.25, 0.3) is 0 Å². The van der Waals surface area contributed by atoms with Crippen molar-refractivity contribution < 1.29 is 28.9 Å². The van der Waals surface area contributed by atoms with Crippen LogP contribution < -0.4 is 26.0 Å². The number of amidine groups is 2. The fourth-order valence-corrected chi connectivity index (χ4v) is 5.01. The summed E-state index contributed by atoms with van der Waals surface area (Å²) in [4.78, 5) is 39.3. The highest BCUT2D eigenvalue weighted by atomic mass is 16.5. The zero-order chi connectivity index (χ0) is 39.3. The van der Waals surface area contributed by atoms with Crippen molar-refractivity contribution in [1.82, 2.24) is 10.6 Å². The van der Waals surface area contributed by atoms with Crippen LogP contribution in [0.15, 0.2) is 118 Å². The molecule has 13 heteroatoms. The van der Waals surface area contributed by atoms with E-state index in [9.17, 15) is 14.7 Å². The summed E-state index contributed by atoms with van der Waals surface area (Å²) >= 11 is 0. The maximum Gasteiger partial charge on any atom is 0.255 e. The number of anilines is 2. The van der Waals surface area contributed by atoms with Crippen molar-refractivity contribution in [1.29, 1.82) is 0 Å². The van der Waals surface area contributed by atoms with E-state index >= 15 is 0 Å². The van der Waals surface area contributed by atoms with Crippen molar-refractivity contribution in [2.75, 3.05) is 57.3 Å². The van der Waals surface area contributed by atoms with Gasteiger partial charge in [0.25, 0.3) is 11.8 Å². The first-order valence-electron chi connectivity index (χ1n) is 18.3. The van der Waals surface area contributed by atoms with E-state index in [2.05, 4.69) is 45.1 Å². The molecule has 1 atom stereocenters. The number of carbonyl (C=O) groups excluding carboxylic acids is 2. The van der Waals surface area contributed by atoms with E-state index in [0.29, 0.717) is 86.0 Å². The minimum absolute atomic E-state index is 0.000319. The number of rotatable bonds is 18. The molecular weight excluding hydrogens is 699 g/mol. The quantitative estimate of drug-likeness (QED) is 0.0331. The number of guanidine groups is 1. The van der Waals surface area contributed by atoms with Crippen molar-refractivity contribution in [2.45, 2.75) is 33.7 Å². The fourth-order valence-electron chi connectivity index (χ4n) is 5.01. The van der Waals surface area contributed by atoms with Crippen LogP contribution in [-0.4, -0.2) is 81.2 Å². The monoisotopic (exact) mass is 749 g/mol. The van der Waals surface area contributed by atoms with Crippen LogP contribution >= 0.6 is 0 Å². The molecule has 0 aliphatic heterocycles. The van der Waals surface area contributed by atoms with Crippen LogP contribution in [0.1, 0.15) is 53.5 Å². The minimum Gasteiger partial charge on any atom is -0.508 e. The fraction of sp³-hybridized carbons (Fsp3) is 0.310. The summed E-state index contributed by atoms with van der Waals surface area (Å²) in [7, 11) is 1.53. The van der Waals surface area contributed by atoms with E-state index in [0.717, 1.165) is 12.0 Å². The highest BCUT2D eigenvalue weighted by molar-refractivity contribution is 6.11. The molecule has 0 spiro atoms. The molecular formula is C42H51N7O6. The lowest BCUT2D eigenvalue weighted by molar-refractivity contribution is 0.0512. The van der Waals surface area contributed by atoms with Crippen LogP contribution in [-0.2, 0) is 16.0 Å². The molecule has 0 saturated heterocycles. The molecule has 4 rings (SSSR count). The Labute approximate surface area is 323 Å². The van der Waals surface area contributed by atoms with Gasteiger partial charge in [-0.2, -0.15) is 9.98 Å². The number of nitrogens with one attached hydrogen (secondary N) is 4. The average molecular weight is 750 g/mol. The molecule has 0 radical (unpaired) electrons. The van der Waals surface area contributed by atoms with Crippen molar-refractivity contribution in [3.05, 3.63) is 120 Å². The third-order valence-electron chi connectivity index (χ3n) is 8.23. The van der Waals surface area contributed by atoms with Gasteiger partial charge in [-0.15, -0.1) is 0 Å². The second kappa shape index (κ2) is 22.9. The topological polar surface area (TPSA) is 167 Å². The number of aliphatic imine (C=N–C) groups is 3. The van der Waals surface area contributed by atoms with Gasteiger partial charge in [-0.25, -0.2) is 0 Å². The van der Waals surface area contributed by atoms with Gasteiger partial charge in [0.1, 0.15) is 23.2 Å². The largest absolute Gasteiger partial charge is 0.508 e. The summed E-state index contributed by atoms with van der Waals surface area (Å²) in [6, 6.07) is 30.6. The lowest BCUT2D eigenvalue weighted by atomic mass is 10.1. The minimum atomic E-state index is -0.245. The molecule has 2 amide bonds. The molecule has 1 unspecified atom stereocenters. The van der Waals surface area contributed by atoms with Gasteiger partial charge >= 0.3 is 0 Å². The Morgan fingerprint density at radius 2 is 1.44 bits per heavy atom. The number of methoxy groups -OCH3 is 1. The smallest absolute Gasteiger partial charge is 0.255 e. The van der Waals surface area contributed by atoms with Crippen LogP contribution in [0.2, 0.25) is 0 Å². The number of ether oxygens (including phenoxy) is 3. The van der Waals surface area contributed by atoms with Crippen LogP contribution in [0, 0.1) is 5.92 Å². The summed E-state index contributed by atoms with van der Waals surface area (Å²) in [5, 5.41) is 22.2. The lowest BCUT2D eigenvalue weighted by Gasteiger charge is -2.18. The Bertz CT molecular complexity index is 1880. The van der Waals surface area contributed by atoms with Gasteiger partial charge in [0.05, 0.1) is 45.6 Å². The van der Waals surface area contributed by atoms with Gasteiger partial charge in [-0.1, -0.05) is 62.4 Å². The van der Waals surface area contributed by atoms with Crippen molar-refractivity contribution >= 4 is 40.8 Å². The van der Waals surface area contributed by atoms with Gasteiger partial charge in [-0.3, -0.25) is 14.6 Å². The van der Waals surface area contributed by atoms with Gasteiger partial charge in [0.15, 0.2) is 0 Å². The normalized spacial score (nSPS) is 12.5. The van der Waals surface area contributed by atoms with Crippen LogP contribution in [0.4, 0.5) is 11.4 Å². The Morgan fingerprint density at radius 3 is 2.13 bits per heavy atom. The van der Waals surface area contributed by atoms with Crippen LogP contribution in [0.5, 0.6) is 11.5 Å². The molecule has 5 N–H and O–H groups in total. The molecule has 290 valence electrons. The number of phenolic OH excluding ortho intramolecular Hbond substituents is 1.